The van der Waals surface area contributed by atoms with Gasteiger partial charge in [-0.2, -0.15) is 4.57 Å². The largest absolute Gasteiger partial charge is 0.230 e. The third-order valence-electron chi connectivity index (χ3n) is 4.12. The van der Waals surface area contributed by atoms with Crippen LogP contribution in [0.15, 0.2) is 54.7 Å². The Morgan fingerprint density at radius 2 is 1.82 bits per heavy atom. The molecule has 2 aromatic heterocycles. The molecule has 0 atom stereocenters. The monoisotopic (exact) mass is 308 g/mol. The van der Waals surface area contributed by atoms with E-state index in [1.165, 1.54) is 33.0 Å². The van der Waals surface area contributed by atoms with E-state index in [0.717, 1.165) is 10.1 Å². The van der Waals surface area contributed by atoms with Gasteiger partial charge < -0.3 is 0 Å². The number of thiophene rings is 1. The molecule has 0 spiro atoms. The molecule has 108 valence electrons. The lowest BCUT2D eigenvalue weighted by atomic mass is 10.0. The fourth-order valence-electron chi connectivity index (χ4n) is 3.00. The maximum atomic E-state index is 13.5. The van der Waals surface area contributed by atoms with Crippen molar-refractivity contribution in [2.24, 2.45) is 7.05 Å². The SMILES string of the molecule is Cc1ccccc1-c1c2sc3cc(F)ccc3c2cc[n+]1C. The van der Waals surface area contributed by atoms with Gasteiger partial charge in [0, 0.05) is 21.5 Å². The Balaban J connectivity index is 2.16. The highest BCUT2D eigenvalue weighted by molar-refractivity contribution is 7.26. The lowest BCUT2D eigenvalue weighted by Crippen LogP contribution is -2.30. The summed E-state index contributed by atoms with van der Waals surface area (Å²) < 4.78 is 17.9. The van der Waals surface area contributed by atoms with Crippen LogP contribution in [0, 0.1) is 12.7 Å². The van der Waals surface area contributed by atoms with Crippen LogP contribution < -0.4 is 4.57 Å². The number of pyridine rings is 1. The van der Waals surface area contributed by atoms with Gasteiger partial charge in [0.1, 0.15) is 17.6 Å². The molecule has 3 heteroatoms. The predicted octanol–water partition coefficient (Wildman–Crippen LogP) is 4.99. The van der Waals surface area contributed by atoms with Crippen molar-refractivity contribution in [3.8, 4) is 11.3 Å². The van der Waals surface area contributed by atoms with Crippen molar-refractivity contribution >= 4 is 31.5 Å². The molecule has 0 aliphatic rings. The summed E-state index contributed by atoms with van der Waals surface area (Å²) >= 11 is 1.66. The van der Waals surface area contributed by atoms with E-state index < -0.39 is 0 Å². The maximum Gasteiger partial charge on any atom is 0.230 e. The minimum Gasteiger partial charge on any atom is -0.207 e. The number of rotatable bonds is 1. The summed E-state index contributed by atoms with van der Waals surface area (Å²) in [6.45, 7) is 2.13. The second-order valence-electron chi connectivity index (χ2n) is 5.58. The Morgan fingerprint density at radius 1 is 1.00 bits per heavy atom. The van der Waals surface area contributed by atoms with Gasteiger partial charge in [0.25, 0.3) is 0 Å². The van der Waals surface area contributed by atoms with Crippen LogP contribution in [0.1, 0.15) is 5.56 Å². The topological polar surface area (TPSA) is 3.88 Å². The molecule has 2 aromatic carbocycles. The highest BCUT2D eigenvalue weighted by atomic mass is 32.1. The Bertz CT molecular complexity index is 1020. The van der Waals surface area contributed by atoms with Gasteiger partial charge in [-0.05, 0) is 36.8 Å². The van der Waals surface area contributed by atoms with Crippen LogP contribution in [0.25, 0.3) is 31.4 Å². The van der Waals surface area contributed by atoms with E-state index >= 15 is 0 Å². The van der Waals surface area contributed by atoms with Crippen LogP contribution in [0.2, 0.25) is 0 Å². The quantitative estimate of drug-likeness (QED) is 0.436. The summed E-state index contributed by atoms with van der Waals surface area (Å²) in [4.78, 5) is 0. The van der Waals surface area contributed by atoms with Gasteiger partial charge in [0.15, 0.2) is 6.20 Å². The Labute approximate surface area is 132 Å². The van der Waals surface area contributed by atoms with Gasteiger partial charge in [-0.15, -0.1) is 11.3 Å². The van der Waals surface area contributed by atoms with Crippen LogP contribution in [-0.4, -0.2) is 0 Å². The number of hydrogen-bond donors (Lipinski definition) is 0. The Morgan fingerprint density at radius 3 is 2.64 bits per heavy atom. The minimum atomic E-state index is -0.180. The second-order valence-corrected chi connectivity index (χ2v) is 6.63. The standard InChI is InChI=1S/C19H15FNS/c1-12-5-3-4-6-14(12)18-19-16(9-10-21(18)2)15-8-7-13(20)11-17(15)22-19/h3-11H,1-2H3/q+1. The molecule has 0 aliphatic heterocycles. The lowest BCUT2D eigenvalue weighted by molar-refractivity contribution is -0.659. The van der Waals surface area contributed by atoms with E-state index in [1.54, 1.807) is 17.4 Å². The predicted molar refractivity (Wildman–Crippen MR) is 90.6 cm³/mol. The number of benzene rings is 2. The molecule has 22 heavy (non-hydrogen) atoms. The molecule has 0 saturated carbocycles. The Kier molecular flexibility index (Phi) is 2.98. The molecule has 0 saturated heterocycles. The minimum absolute atomic E-state index is 0.180. The first-order valence-electron chi connectivity index (χ1n) is 7.21. The summed E-state index contributed by atoms with van der Waals surface area (Å²) in [6.07, 6.45) is 2.08. The smallest absolute Gasteiger partial charge is 0.207 e. The van der Waals surface area contributed by atoms with Crippen molar-refractivity contribution in [3.05, 3.63) is 66.1 Å². The molecule has 0 amide bonds. The van der Waals surface area contributed by atoms with Crippen molar-refractivity contribution in [3.63, 3.8) is 0 Å². The fourth-order valence-corrected chi connectivity index (χ4v) is 4.32. The molecule has 0 fully saturated rings. The van der Waals surface area contributed by atoms with Crippen LogP contribution >= 0.6 is 11.3 Å². The van der Waals surface area contributed by atoms with E-state index in [-0.39, 0.29) is 5.82 Å². The molecule has 0 unspecified atom stereocenters. The average Bonchev–Trinajstić information content (AvgIpc) is 2.85. The molecule has 0 aliphatic carbocycles. The van der Waals surface area contributed by atoms with Gasteiger partial charge >= 0.3 is 0 Å². The van der Waals surface area contributed by atoms with Crippen LogP contribution in [-0.2, 0) is 7.05 Å². The lowest BCUT2D eigenvalue weighted by Gasteiger charge is -2.05. The first-order chi connectivity index (χ1) is 10.6. The first kappa shape index (κ1) is 13.4. The van der Waals surface area contributed by atoms with Crippen LogP contribution in [0.3, 0.4) is 0 Å². The normalized spacial score (nSPS) is 11.4. The van der Waals surface area contributed by atoms with Crippen molar-refractivity contribution < 1.29 is 8.96 Å². The highest BCUT2D eigenvalue weighted by Crippen LogP contribution is 2.38. The molecule has 4 aromatic rings. The summed E-state index contributed by atoms with van der Waals surface area (Å²) in [5.41, 5.74) is 3.66. The van der Waals surface area contributed by atoms with Crippen molar-refractivity contribution in [1.82, 2.24) is 0 Å². The molecule has 0 radical (unpaired) electrons. The summed E-state index contributed by atoms with van der Waals surface area (Å²) in [7, 11) is 2.06. The molecular weight excluding hydrogens is 293 g/mol. The summed E-state index contributed by atoms with van der Waals surface area (Å²) in [6, 6.07) is 15.6. The van der Waals surface area contributed by atoms with Gasteiger partial charge in [-0.25, -0.2) is 4.39 Å². The molecule has 1 nitrogen and oxygen atoms in total. The van der Waals surface area contributed by atoms with E-state index in [2.05, 4.69) is 55.1 Å². The molecule has 0 N–H and O–H groups in total. The number of aromatic nitrogens is 1. The van der Waals surface area contributed by atoms with Crippen LogP contribution in [0.4, 0.5) is 4.39 Å². The van der Waals surface area contributed by atoms with Crippen molar-refractivity contribution in [2.45, 2.75) is 6.92 Å². The maximum absolute atomic E-state index is 13.5. The van der Waals surface area contributed by atoms with E-state index in [4.69, 9.17) is 0 Å². The Hall–Kier alpha value is -2.26. The van der Waals surface area contributed by atoms with Crippen LogP contribution in [0.5, 0.6) is 0 Å². The number of nitrogens with zero attached hydrogens (tertiary/aromatic N) is 1. The van der Waals surface area contributed by atoms with E-state index in [0.29, 0.717) is 0 Å². The average molecular weight is 308 g/mol. The third-order valence-corrected chi connectivity index (χ3v) is 5.30. The zero-order valence-electron chi connectivity index (χ0n) is 12.4. The third kappa shape index (κ3) is 1.93. The van der Waals surface area contributed by atoms with Gasteiger partial charge in [-0.1, -0.05) is 18.2 Å². The number of aryl methyl sites for hydroxylation is 2. The second kappa shape index (κ2) is 4.89. The zero-order valence-corrected chi connectivity index (χ0v) is 13.2. The molecule has 2 heterocycles. The van der Waals surface area contributed by atoms with Crippen molar-refractivity contribution in [1.29, 1.82) is 0 Å². The zero-order chi connectivity index (χ0) is 15.3. The van der Waals surface area contributed by atoms with E-state index in [9.17, 15) is 4.39 Å². The van der Waals surface area contributed by atoms with Gasteiger partial charge in [0.05, 0.1) is 5.56 Å². The number of fused-ring (bicyclic) bond motifs is 3. The first-order valence-corrected chi connectivity index (χ1v) is 8.03. The van der Waals surface area contributed by atoms with Gasteiger partial charge in [-0.3, -0.25) is 0 Å². The number of hydrogen-bond acceptors (Lipinski definition) is 1. The fraction of sp³-hybridized carbons (Fsp3) is 0.105. The van der Waals surface area contributed by atoms with Crippen molar-refractivity contribution in [2.75, 3.05) is 0 Å². The number of halogens is 1. The molecule has 0 bridgehead atoms. The molecule has 4 rings (SSSR count). The summed E-state index contributed by atoms with van der Waals surface area (Å²) in [5, 5.41) is 2.31. The molecular formula is C19H15FNS+. The van der Waals surface area contributed by atoms with Gasteiger partial charge in [0.2, 0.25) is 5.69 Å². The van der Waals surface area contributed by atoms with E-state index in [1.807, 2.05) is 6.07 Å². The summed E-state index contributed by atoms with van der Waals surface area (Å²) in [5.74, 6) is -0.180. The highest BCUT2D eigenvalue weighted by Gasteiger charge is 2.20.